The Morgan fingerprint density at radius 3 is 2.54 bits per heavy atom. The molecule has 35 heavy (non-hydrogen) atoms. The monoisotopic (exact) mass is 535 g/mol. The molecule has 6 rings (SSSR count). The van der Waals surface area contributed by atoms with Crippen LogP contribution in [0.4, 0.5) is 5.95 Å². The minimum absolute atomic E-state index is 0.0721. The van der Waals surface area contributed by atoms with E-state index in [1.807, 2.05) is 54.3 Å². The van der Waals surface area contributed by atoms with E-state index in [0.717, 1.165) is 52.9 Å². The van der Waals surface area contributed by atoms with Gasteiger partial charge in [0.25, 0.3) is 0 Å². The van der Waals surface area contributed by atoms with Crippen molar-refractivity contribution in [2.45, 2.75) is 13.0 Å². The highest BCUT2D eigenvalue weighted by Crippen LogP contribution is 2.39. The fourth-order valence-corrected chi connectivity index (χ4v) is 5.75. The number of nitrogens with zero attached hydrogens (tertiary/aromatic N) is 6. The van der Waals surface area contributed by atoms with Gasteiger partial charge in [-0.25, -0.2) is 9.97 Å². The van der Waals surface area contributed by atoms with Gasteiger partial charge in [-0.15, -0.1) is 5.10 Å². The number of nitrogens with one attached hydrogen (secondary N) is 1. The standard InChI is InChI=1S/C25H26BrN7O2/c1-15(23(34)32-13-25(14-32)11-31(2)12-25)27-24-28-20-18(5-4-6-19(20)26)22-29-21(30-33(22)24)16-7-9-17(35-3)10-8-16/h4-10,15H,11-14H2,1-3H3,(H,27,28). The molecule has 1 amide bonds. The number of methoxy groups -OCH3 is 1. The Hall–Kier alpha value is -3.24. The van der Waals surface area contributed by atoms with Crippen LogP contribution < -0.4 is 10.1 Å². The lowest BCUT2D eigenvalue weighted by Gasteiger charge is -2.59. The maximum atomic E-state index is 13.1. The molecular weight excluding hydrogens is 510 g/mol. The van der Waals surface area contributed by atoms with E-state index in [4.69, 9.17) is 19.8 Å². The minimum Gasteiger partial charge on any atom is -0.497 e. The largest absolute Gasteiger partial charge is 0.497 e. The predicted molar refractivity (Wildman–Crippen MR) is 138 cm³/mol. The van der Waals surface area contributed by atoms with Crippen LogP contribution in [0.15, 0.2) is 46.9 Å². The van der Waals surface area contributed by atoms with E-state index < -0.39 is 6.04 Å². The van der Waals surface area contributed by atoms with Gasteiger partial charge >= 0.3 is 0 Å². The van der Waals surface area contributed by atoms with Crippen LogP contribution in [-0.2, 0) is 4.79 Å². The second-order valence-electron chi connectivity index (χ2n) is 9.70. The molecule has 2 saturated heterocycles. The molecule has 2 aromatic carbocycles. The Morgan fingerprint density at radius 2 is 1.86 bits per heavy atom. The summed E-state index contributed by atoms with van der Waals surface area (Å²) in [4.78, 5) is 27.0. The number of aromatic nitrogens is 4. The summed E-state index contributed by atoms with van der Waals surface area (Å²) in [7, 11) is 3.76. The highest BCUT2D eigenvalue weighted by Gasteiger charge is 2.52. The molecule has 1 atom stereocenters. The lowest BCUT2D eigenvalue weighted by molar-refractivity contribution is -0.157. The molecule has 1 N–H and O–H groups in total. The third-order valence-electron chi connectivity index (χ3n) is 6.89. The van der Waals surface area contributed by atoms with Gasteiger partial charge in [-0.2, -0.15) is 4.52 Å². The molecule has 180 valence electrons. The summed E-state index contributed by atoms with van der Waals surface area (Å²) in [6.07, 6.45) is 0. The van der Waals surface area contributed by atoms with Crippen molar-refractivity contribution in [2.24, 2.45) is 5.41 Å². The number of carbonyl (C=O) groups is 1. The van der Waals surface area contributed by atoms with Crippen molar-refractivity contribution in [1.82, 2.24) is 29.4 Å². The number of hydrogen-bond acceptors (Lipinski definition) is 7. The number of amides is 1. The van der Waals surface area contributed by atoms with Crippen molar-refractivity contribution in [2.75, 3.05) is 45.7 Å². The fraction of sp³-hybridized carbons (Fsp3) is 0.360. The maximum Gasteiger partial charge on any atom is 0.244 e. The molecule has 2 fully saturated rings. The summed E-state index contributed by atoms with van der Waals surface area (Å²) in [6, 6.07) is 13.0. The van der Waals surface area contributed by atoms with Gasteiger partial charge < -0.3 is 19.9 Å². The summed E-state index contributed by atoms with van der Waals surface area (Å²) < 4.78 is 7.82. The van der Waals surface area contributed by atoms with E-state index in [0.29, 0.717) is 22.8 Å². The van der Waals surface area contributed by atoms with Gasteiger partial charge in [-0.05, 0) is 66.3 Å². The molecule has 2 aliphatic rings. The average molecular weight is 536 g/mol. The number of halogens is 1. The number of benzene rings is 2. The Kier molecular flexibility index (Phi) is 5.19. The van der Waals surface area contributed by atoms with E-state index in [-0.39, 0.29) is 5.91 Å². The lowest BCUT2D eigenvalue weighted by Crippen LogP contribution is -2.72. The number of rotatable bonds is 5. The molecular formula is C25H26BrN7O2. The molecule has 0 saturated carbocycles. The smallest absolute Gasteiger partial charge is 0.244 e. The number of fused-ring (bicyclic) bond motifs is 3. The van der Waals surface area contributed by atoms with Gasteiger partial charge in [0.15, 0.2) is 11.5 Å². The molecule has 2 aliphatic heterocycles. The summed E-state index contributed by atoms with van der Waals surface area (Å²) in [5.41, 5.74) is 2.59. The van der Waals surface area contributed by atoms with E-state index in [9.17, 15) is 4.79 Å². The van der Waals surface area contributed by atoms with Crippen LogP contribution in [0.25, 0.3) is 27.9 Å². The maximum absolute atomic E-state index is 13.1. The van der Waals surface area contributed by atoms with Gasteiger partial charge in [0.2, 0.25) is 11.9 Å². The van der Waals surface area contributed by atoms with Gasteiger partial charge in [0.1, 0.15) is 11.8 Å². The predicted octanol–water partition coefficient (Wildman–Crippen LogP) is 3.29. The van der Waals surface area contributed by atoms with E-state index in [1.165, 1.54) is 0 Å². The van der Waals surface area contributed by atoms with Crippen LogP contribution >= 0.6 is 15.9 Å². The Balaban J connectivity index is 1.34. The zero-order chi connectivity index (χ0) is 24.3. The quantitative estimate of drug-likeness (QED) is 0.419. The SMILES string of the molecule is COc1ccc(-c2nc3c4cccc(Br)c4nc(NC(C)C(=O)N4CC5(CN(C)C5)C4)n3n2)cc1. The first-order chi connectivity index (χ1) is 16.9. The van der Waals surface area contributed by atoms with Crippen LogP contribution in [-0.4, -0.2) is 81.7 Å². The molecule has 4 heterocycles. The van der Waals surface area contributed by atoms with E-state index in [2.05, 4.69) is 33.2 Å². The zero-order valence-electron chi connectivity index (χ0n) is 19.8. The highest BCUT2D eigenvalue weighted by atomic mass is 79.9. The number of anilines is 1. The van der Waals surface area contributed by atoms with E-state index in [1.54, 1.807) is 11.6 Å². The van der Waals surface area contributed by atoms with Crippen molar-refractivity contribution < 1.29 is 9.53 Å². The van der Waals surface area contributed by atoms with Crippen LogP contribution in [0.5, 0.6) is 5.75 Å². The molecule has 9 nitrogen and oxygen atoms in total. The van der Waals surface area contributed by atoms with Crippen LogP contribution in [0.1, 0.15) is 6.92 Å². The van der Waals surface area contributed by atoms with Crippen molar-refractivity contribution in [3.05, 3.63) is 46.9 Å². The van der Waals surface area contributed by atoms with Crippen molar-refractivity contribution in [1.29, 1.82) is 0 Å². The van der Waals surface area contributed by atoms with Crippen LogP contribution in [0.2, 0.25) is 0 Å². The third kappa shape index (κ3) is 3.71. The fourth-order valence-electron chi connectivity index (χ4n) is 5.30. The van der Waals surface area contributed by atoms with Crippen LogP contribution in [0.3, 0.4) is 0 Å². The molecule has 1 spiro atoms. The number of carbonyl (C=O) groups excluding carboxylic acids is 1. The number of hydrogen-bond donors (Lipinski definition) is 1. The first kappa shape index (κ1) is 22.2. The zero-order valence-corrected chi connectivity index (χ0v) is 21.4. The molecule has 1 unspecified atom stereocenters. The first-order valence-corrected chi connectivity index (χ1v) is 12.4. The lowest BCUT2D eigenvalue weighted by atomic mass is 9.73. The summed E-state index contributed by atoms with van der Waals surface area (Å²) >= 11 is 3.61. The number of para-hydroxylation sites is 1. The molecule has 4 aromatic rings. The first-order valence-electron chi connectivity index (χ1n) is 11.6. The van der Waals surface area contributed by atoms with Crippen LogP contribution in [0, 0.1) is 5.41 Å². The third-order valence-corrected chi connectivity index (χ3v) is 7.53. The normalized spacial score (nSPS) is 17.9. The summed E-state index contributed by atoms with van der Waals surface area (Å²) in [6.45, 7) is 5.64. The average Bonchev–Trinajstić information content (AvgIpc) is 3.27. The molecule has 0 radical (unpaired) electrons. The van der Waals surface area contributed by atoms with Gasteiger partial charge in [-0.1, -0.05) is 6.07 Å². The highest BCUT2D eigenvalue weighted by molar-refractivity contribution is 9.10. The minimum atomic E-state index is -0.450. The van der Waals surface area contributed by atoms with Gasteiger partial charge in [-0.3, -0.25) is 4.79 Å². The van der Waals surface area contributed by atoms with Crippen molar-refractivity contribution in [3.63, 3.8) is 0 Å². The van der Waals surface area contributed by atoms with E-state index >= 15 is 0 Å². The topological polar surface area (TPSA) is 87.9 Å². The molecule has 10 heteroatoms. The summed E-state index contributed by atoms with van der Waals surface area (Å²) in [5.74, 6) is 1.89. The van der Waals surface area contributed by atoms with Gasteiger partial charge in [0, 0.05) is 47.0 Å². The Morgan fingerprint density at radius 1 is 1.11 bits per heavy atom. The second-order valence-corrected chi connectivity index (χ2v) is 10.6. The molecule has 0 bridgehead atoms. The second kappa shape index (κ2) is 8.17. The number of likely N-dealkylation sites (tertiary alicyclic amines) is 2. The Bertz CT molecular complexity index is 1440. The molecule has 0 aliphatic carbocycles. The van der Waals surface area contributed by atoms with Gasteiger partial charge in [0.05, 0.1) is 12.6 Å². The molecule has 2 aromatic heterocycles. The van der Waals surface area contributed by atoms with Crippen molar-refractivity contribution >= 4 is 44.3 Å². The Labute approximate surface area is 211 Å². The number of ether oxygens (including phenoxy) is 1. The summed E-state index contributed by atoms with van der Waals surface area (Å²) in [5, 5.41) is 8.94. The van der Waals surface area contributed by atoms with Crippen molar-refractivity contribution in [3.8, 4) is 17.1 Å².